The topological polar surface area (TPSA) is 42.5 Å². The molecule has 1 aliphatic rings. The number of hydrogen-bond acceptors (Lipinski definition) is 3. The molecule has 1 aliphatic heterocycles. The fourth-order valence-corrected chi connectivity index (χ4v) is 1.67. The number of hydrogen-bond donors (Lipinski definition) is 1. The molecule has 0 radical (unpaired) electrons. The van der Waals surface area contributed by atoms with Gasteiger partial charge in [0.1, 0.15) is 5.76 Å². The molecule has 0 spiro atoms. The Morgan fingerprint density at radius 3 is 3.58 bits per heavy atom. The van der Waals surface area contributed by atoms with E-state index in [9.17, 15) is 0 Å². The van der Waals surface area contributed by atoms with E-state index >= 15 is 0 Å². The summed E-state index contributed by atoms with van der Waals surface area (Å²) in [4.78, 5) is 0. The van der Waals surface area contributed by atoms with E-state index in [1.54, 1.807) is 6.20 Å². The lowest BCUT2D eigenvalue weighted by Crippen LogP contribution is -2.23. The molecule has 0 atom stereocenters. The molecule has 3 rings (SSSR count). The van der Waals surface area contributed by atoms with Crippen molar-refractivity contribution in [2.45, 2.75) is 13.0 Å². The van der Waals surface area contributed by atoms with Crippen LogP contribution in [0.3, 0.4) is 0 Å². The zero-order valence-electron chi connectivity index (χ0n) is 6.58. The molecule has 4 heteroatoms. The summed E-state index contributed by atoms with van der Waals surface area (Å²) in [5, 5.41) is 7.44. The van der Waals surface area contributed by atoms with Crippen molar-refractivity contribution in [3.63, 3.8) is 0 Å². The second kappa shape index (κ2) is 2.10. The predicted molar refractivity (Wildman–Crippen MR) is 42.9 cm³/mol. The summed E-state index contributed by atoms with van der Waals surface area (Å²) < 4.78 is 7.45. The molecule has 0 saturated heterocycles. The van der Waals surface area contributed by atoms with E-state index in [1.807, 2.05) is 10.6 Å². The molecular weight excluding hydrogens is 154 g/mol. The molecule has 62 valence electrons. The SMILES string of the molecule is c1cc2oc3c(n2n1)CCNC3. The van der Waals surface area contributed by atoms with E-state index in [4.69, 9.17) is 4.42 Å². The van der Waals surface area contributed by atoms with Gasteiger partial charge in [0.2, 0.25) is 5.71 Å². The molecule has 12 heavy (non-hydrogen) atoms. The molecule has 3 heterocycles. The van der Waals surface area contributed by atoms with Gasteiger partial charge in [-0.1, -0.05) is 0 Å². The van der Waals surface area contributed by atoms with Crippen LogP contribution in [0.1, 0.15) is 11.5 Å². The first-order valence-electron chi connectivity index (χ1n) is 4.10. The minimum Gasteiger partial charge on any atom is -0.440 e. The smallest absolute Gasteiger partial charge is 0.222 e. The zero-order chi connectivity index (χ0) is 7.97. The Bertz CT molecular complexity index is 415. The van der Waals surface area contributed by atoms with Crippen molar-refractivity contribution in [2.75, 3.05) is 6.54 Å². The van der Waals surface area contributed by atoms with Crippen molar-refractivity contribution < 1.29 is 4.42 Å². The van der Waals surface area contributed by atoms with E-state index in [0.717, 1.165) is 31.0 Å². The van der Waals surface area contributed by atoms with E-state index in [2.05, 4.69) is 10.4 Å². The van der Waals surface area contributed by atoms with Crippen LogP contribution in [0.5, 0.6) is 0 Å². The molecule has 0 bridgehead atoms. The monoisotopic (exact) mass is 163 g/mol. The fraction of sp³-hybridized carbons (Fsp3) is 0.375. The van der Waals surface area contributed by atoms with Crippen LogP contribution in [0.4, 0.5) is 0 Å². The number of fused-ring (bicyclic) bond motifs is 3. The predicted octanol–water partition coefficient (Wildman–Crippen LogP) is 0.573. The maximum absolute atomic E-state index is 5.57. The van der Waals surface area contributed by atoms with Crippen LogP contribution in [-0.2, 0) is 13.0 Å². The number of nitrogens with one attached hydrogen (secondary N) is 1. The largest absolute Gasteiger partial charge is 0.440 e. The summed E-state index contributed by atoms with van der Waals surface area (Å²) in [6, 6.07) is 1.89. The first kappa shape index (κ1) is 6.25. The van der Waals surface area contributed by atoms with Gasteiger partial charge in [-0.05, 0) is 0 Å². The highest BCUT2D eigenvalue weighted by atomic mass is 16.4. The van der Waals surface area contributed by atoms with Gasteiger partial charge in [0.25, 0.3) is 0 Å². The summed E-state index contributed by atoms with van der Waals surface area (Å²) in [5.74, 6) is 1.03. The van der Waals surface area contributed by atoms with Crippen molar-refractivity contribution in [1.29, 1.82) is 0 Å². The van der Waals surface area contributed by atoms with E-state index < -0.39 is 0 Å². The van der Waals surface area contributed by atoms with Gasteiger partial charge < -0.3 is 9.73 Å². The summed E-state index contributed by atoms with van der Waals surface area (Å²) in [7, 11) is 0. The Kier molecular flexibility index (Phi) is 1.10. The van der Waals surface area contributed by atoms with E-state index in [-0.39, 0.29) is 0 Å². The maximum atomic E-state index is 5.57. The Hall–Kier alpha value is -1.29. The van der Waals surface area contributed by atoms with E-state index in [1.165, 1.54) is 5.69 Å². The minimum absolute atomic E-state index is 0.832. The molecule has 0 saturated carbocycles. The summed E-state index contributed by atoms with van der Waals surface area (Å²) >= 11 is 0. The highest BCUT2D eigenvalue weighted by Gasteiger charge is 2.17. The highest BCUT2D eigenvalue weighted by Crippen LogP contribution is 2.18. The van der Waals surface area contributed by atoms with E-state index in [0.29, 0.717) is 0 Å². The van der Waals surface area contributed by atoms with Gasteiger partial charge in [-0.15, -0.1) is 0 Å². The third-order valence-corrected chi connectivity index (χ3v) is 2.24. The molecule has 0 aromatic carbocycles. The van der Waals surface area contributed by atoms with Crippen LogP contribution in [0.2, 0.25) is 0 Å². The number of oxazole rings is 1. The van der Waals surface area contributed by atoms with Crippen molar-refractivity contribution in [2.24, 2.45) is 0 Å². The normalized spacial score (nSPS) is 16.7. The lowest BCUT2D eigenvalue weighted by molar-refractivity contribution is 0.488. The average Bonchev–Trinajstić information content (AvgIpc) is 2.62. The van der Waals surface area contributed by atoms with Gasteiger partial charge in [-0.3, -0.25) is 0 Å². The van der Waals surface area contributed by atoms with Crippen LogP contribution in [0, 0.1) is 0 Å². The molecule has 2 aromatic rings. The Morgan fingerprint density at radius 1 is 1.58 bits per heavy atom. The van der Waals surface area contributed by atoms with Crippen molar-refractivity contribution >= 4 is 5.71 Å². The third-order valence-electron chi connectivity index (χ3n) is 2.24. The van der Waals surface area contributed by atoms with Crippen LogP contribution in [-0.4, -0.2) is 16.2 Å². The molecule has 0 unspecified atom stereocenters. The molecule has 1 N–H and O–H groups in total. The van der Waals surface area contributed by atoms with Crippen LogP contribution in [0.25, 0.3) is 5.71 Å². The molecule has 4 nitrogen and oxygen atoms in total. The Morgan fingerprint density at radius 2 is 2.58 bits per heavy atom. The molecule has 2 aromatic heterocycles. The minimum atomic E-state index is 0.832. The quantitative estimate of drug-likeness (QED) is 0.617. The van der Waals surface area contributed by atoms with Gasteiger partial charge in [0.15, 0.2) is 0 Å². The highest BCUT2D eigenvalue weighted by molar-refractivity contribution is 5.36. The first-order valence-corrected chi connectivity index (χ1v) is 4.10. The van der Waals surface area contributed by atoms with Crippen molar-refractivity contribution in [3.8, 4) is 0 Å². The first-order chi connectivity index (χ1) is 5.95. The van der Waals surface area contributed by atoms with Gasteiger partial charge >= 0.3 is 0 Å². The van der Waals surface area contributed by atoms with Gasteiger partial charge in [-0.2, -0.15) is 5.10 Å². The zero-order valence-corrected chi connectivity index (χ0v) is 6.58. The third kappa shape index (κ3) is 0.674. The summed E-state index contributed by atoms with van der Waals surface area (Å²) in [5.41, 5.74) is 2.07. The lowest BCUT2D eigenvalue weighted by atomic mass is 10.2. The van der Waals surface area contributed by atoms with Crippen molar-refractivity contribution in [1.82, 2.24) is 14.9 Å². The van der Waals surface area contributed by atoms with Crippen molar-refractivity contribution in [3.05, 3.63) is 23.7 Å². The fourth-order valence-electron chi connectivity index (χ4n) is 1.67. The summed E-state index contributed by atoms with van der Waals surface area (Å²) in [6.07, 6.45) is 2.77. The molecule has 0 fully saturated rings. The maximum Gasteiger partial charge on any atom is 0.222 e. The number of nitrogens with zero attached hydrogens (tertiary/aromatic N) is 2. The Balaban J connectivity index is 2.34. The van der Waals surface area contributed by atoms with Gasteiger partial charge in [0, 0.05) is 19.0 Å². The summed E-state index contributed by atoms with van der Waals surface area (Å²) in [6.45, 7) is 1.85. The number of rotatable bonds is 0. The molecule has 0 amide bonds. The number of aromatic nitrogens is 2. The van der Waals surface area contributed by atoms with Crippen LogP contribution in [0.15, 0.2) is 16.7 Å². The lowest BCUT2D eigenvalue weighted by Gasteiger charge is -2.09. The molecule has 0 aliphatic carbocycles. The standard InChI is InChI=1S/C8H9N3O/c1-3-9-5-7-6(1)11-8(12-7)2-4-10-11/h2,4,9H,1,3,5H2. The second-order valence-corrected chi connectivity index (χ2v) is 2.98. The average molecular weight is 163 g/mol. The van der Waals surface area contributed by atoms with Crippen LogP contribution < -0.4 is 5.32 Å². The van der Waals surface area contributed by atoms with Gasteiger partial charge in [0.05, 0.1) is 18.4 Å². The second-order valence-electron chi connectivity index (χ2n) is 2.98. The van der Waals surface area contributed by atoms with Crippen LogP contribution >= 0.6 is 0 Å². The molecular formula is C8H9N3O. The Labute approximate surface area is 69.2 Å². The van der Waals surface area contributed by atoms with Gasteiger partial charge in [-0.25, -0.2) is 4.52 Å².